The Balaban J connectivity index is 2.31. The van der Waals surface area contributed by atoms with Crippen LogP contribution in [0.2, 0.25) is 0 Å². The predicted octanol–water partition coefficient (Wildman–Crippen LogP) is 1.17. The van der Waals surface area contributed by atoms with Gasteiger partial charge in [-0.1, -0.05) is 0 Å². The number of carbonyl (C=O) groups is 1. The third-order valence-corrected chi connectivity index (χ3v) is 3.37. The molecule has 0 N–H and O–H groups in total. The van der Waals surface area contributed by atoms with Crippen LogP contribution in [0.5, 0.6) is 0 Å². The van der Waals surface area contributed by atoms with Crippen molar-refractivity contribution in [2.75, 3.05) is 20.6 Å². The molecule has 0 aliphatic carbocycles. The van der Waals surface area contributed by atoms with E-state index in [1.807, 2.05) is 19.0 Å². The maximum Gasteiger partial charge on any atom is 0.247 e. The lowest BCUT2D eigenvalue weighted by Crippen LogP contribution is -2.22. The highest BCUT2D eigenvalue weighted by Gasteiger charge is 2.21. The lowest BCUT2D eigenvalue weighted by molar-refractivity contribution is 0.101. The van der Waals surface area contributed by atoms with Gasteiger partial charge in [0.25, 0.3) is 0 Å². The van der Waals surface area contributed by atoms with Gasteiger partial charge in [-0.2, -0.15) is 5.10 Å². The molecule has 0 spiro atoms. The first-order valence-electron chi connectivity index (χ1n) is 5.88. The lowest BCUT2D eigenvalue weighted by Gasteiger charge is -2.11. The number of likely N-dealkylation sites (N-methyl/N-ethyl adjacent to an activating group) is 1. The maximum absolute atomic E-state index is 12.5. The van der Waals surface area contributed by atoms with Crippen LogP contribution >= 0.6 is 15.9 Å². The summed E-state index contributed by atoms with van der Waals surface area (Å²) in [6, 6.07) is 0. The number of aryl methyl sites for hydroxylation is 1. The SMILES string of the molecule is CN(C)CCn1ncc(Br)c1C(=O)c1nccn1C. The van der Waals surface area contributed by atoms with Crippen molar-refractivity contribution in [2.45, 2.75) is 6.54 Å². The lowest BCUT2D eigenvalue weighted by atomic mass is 10.2. The van der Waals surface area contributed by atoms with E-state index < -0.39 is 0 Å². The highest BCUT2D eigenvalue weighted by Crippen LogP contribution is 2.19. The molecule has 102 valence electrons. The molecule has 0 aliphatic rings. The van der Waals surface area contributed by atoms with Gasteiger partial charge in [-0.25, -0.2) is 4.98 Å². The van der Waals surface area contributed by atoms with Gasteiger partial charge in [0.1, 0.15) is 5.69 Å². The number of rotatable bonds is 5. The van der Waals surface area contributed by atoms with E-state index >= 15 is 0 Å². The van der Waals surface area contributed by atoms with Crippen LogP contribution in [0, 0.1) is 0 Å². The Morgan fingerprint density at radius 3 is 2.79 bits per heavy atom. The van der Waals surface area contributed by atoms with E-state index in [-0.39, 0.29) is 5.78 Å². The molecule has 0 aliphatic heterocycles. The fraction of sp³-hybridized carbons (Fsp3) is 0.417. The van der Waals surface area contributed by atoms with Crippen molar-refractivity contribution in [1.82, 2.24) is 24.2 Å². The minimum absolute atomic E-state index is 0.129. The number of imidazole rings is 1. The van der Waals surface area contributed by atoms with Crippen LogP contribution in [0.15, 0.2) is 23.1 Å². The molecule has 0 bridgehead atoms. The summed E-state index contributed by atoms with van der Waals surface area (Å²) >= 11 is 3.38. The minimum Gasteiger partial charge on any atom is -0.331 e. The Labute approximate surface area is 120 Å². The van der Waals surface area contributed by atoms with E-state index in [1.165, 1.54) is 0 Å². The second-order valence-electron chi connectivity index (χ2n) is 4.56. The first-order chi connectivity index (χ1) is 9.00. The molecule has 0 saturated carbocycles. The molecule has 0 radical (unpaired) electrons. The zero-order valence-electron chi connectivity index (χ0n) is 11.2. The van der Waals surface area contributed by atoms with Crippen molar-refractivity contribution in [3.8, 4) is 0 Å². The van der Waals surface area contributed by atoms with Crippen LogP contribution in [0.3, 0.4) is 0 Å². The molecule has 6 nitrogen and oxygen atoms in total. The second kappa shape index (κ2) is 5.66. The summed E-state index contributed by atoms with van der Waals surface area (Å²) in [5, 5.41) is 4.23. The van der Waals surface area contributed by atoms with E-state index in [9.17, 15) is 4.79 Å². The molecular weight excluding hydrogens is 310 g/mol. The van der Waals surface area contributed by atoms with E-state index in [0.717, 1.165) is 6.54 Å². The number of carbonyl (C=O) groups excluding carboxylic acids is 1. The van der Waals surface area contributed by atoms with Gasteiger partial charge in [0.2, 0.25) is 5.78 Å². The Kier molecular flexibility index (Phi) is 4.16. The summed E-state index contributed by atoms with van der Waals surface area (Å²) in [5.74, 6) is 0.280. The zero-order valence-corrected chi connectivity index (χ0v) is 12.8. The van der Waals surface area contributed by atoms with Crippen LogP contribution in [-0.4, -0.2) is 50.7 Å². The number of hydrogen-bond acceptors (Lipinski definition) is 4. The molecule has 2 aromatic heterocycles. The zero-order chi connectivity index (χ0) is 14.0. The number of ketones is 1. The number of halogens is 1. The molecule has 0 aromatic carbocycles. The van der Waals surface area contributed by atoms with Gasteiger partial charge in [-0.15, -0.1) is 0 Å². The van der Waals surface area contributed by atoms with Gasteiger partial charge in [0.05, 0.1) is 17.2 Å². The summed E-state index contributed by atoms with van der Waals surface area (Å²) in [6.45, 7) is 1.47. The van der Waals surface area contributed by atoms with Crippen LogP contribution in [0.25, 0.3) is 0 Å². The Hall–Kier alpha value is -1.47. The molecule has 0 saturated heterocycles. The van der Waals surface area contributed by atoms with Crippen LogP contribution < -0.4 is 0 Å². The van der Waals surface area contributed by atoms with Crippen LogP contribution in [0.1, 0.15) is 16.3 Å². The van der Waals surface area contributed by atoms with Gasteiger partial charge in [-0.05, 0) is 30.0 Å². The standard InChI is InChI=1S/C12H16BrN5O/c1-16(2)6-7-18-10(9(13)8-15-18)11(19)12-14-4-5-17(12)3/h4-5,8H,6-7H2,1-3H3. The molecule has 0 unspecified atom stereocenters. The van der Waals surface area contributed by atoms with Gasteiger partial charge in [-0.3, -0.25) is 9.48 Å². The van der Waals surface area contributed by atoms with Gasteiger partial charge < -0.3 is 9.47 Å². The van der Waals surface area contributed by atoms with E-state index in [2.05, 4.69) is 26.0 Å². The largest absolute Gasteiger partial charge is 0.331 e. The van der Waals surface area contributed by atoms with Crippen molar-refractivity contribution in [3.63, 3.8) is 0 Å². The highest BCUT2D eigenvalue weighted by atomic mass is 79.9. The Bertz CT molecular complexity index is 587. The maximum atomic E-state index is 12.5. The summed E-state index contributed by atoms with van der Waals surface area (Å²) in [5.41, 5.74) is 0.538. The Morgan fingerprint density at radius 1 is 1.47 bits per heavy atom. The van der Waals surface area contributed by atoms with E-state index in [0.29, 0.717) is 22.5 Å². The quantitative estimate of drug-likeness (QED) is 0.774. The summed E-state index contributed by atoms with van der Waals surface area (Å²) < 4.78 is 4.11. The highest BCUT2D eigenvalue weighted by molar-refractivity contribution is 9.10. The first-order valence-corrected chi connectivity index (χ1v) is 6.68. The van der Waals surface area contributed by atoms with Crippen molar-refractivity contribution < 1.29 is 4.79 Å². The molecule has 7 heteroatoms. The molecule has 19 heavy (non-hydrogen) atoms. The van der Waals surface area contributed by atoms with Gasteiger partial charge in [0, 0.05) is 26.0 Å². The van der Waals surface area contributed by atoms with Gasteiger partial charge >= 0.3 is 0 Å². The fourth-order valence-electron chi connectivity index (χ4n) is 1.74. The third kappa shape index (κ3) is 2.93. The predicted molar refractivity (Wildman–Crippen MR) is 75.1 cm³/mol. The molecule has 0 atom stereocenters. The fourth-order valence-corrected chi connectivity index (χ4v) is 2.22. The molecule has 2 rings (SSSR count). The topological polar surface area (TPSA) is 56.0 Å². The van der Waals surface area contributed by atoms with E-state index in [4.69, 9.17) is 0 Å². The van der Waals surface area contributed by atoms with Crippen molar-refractivity contribution in [3.05, 3.63) is 34.6 Å². The molecule has 0 amide bonds. The van der Waals surface area contributed by atoms with Crippen LogP contribution in [-0.2, 0) is 13.6 Å². The first kappa shape index (κ1) is 14.0. The number of nitrogens with zero attached hydrogens (tertiary/aromatic N) is 5. The number of aromatic nitrogens is 4. The smallest absolute Gasteiger partial charge is 0.247 e. The number of hydrogen-bond donors (Lipinski definition) is 0. The average Bonchev–Trinajstić information content (AvgIpc) is 2.92. The Morgan fingerprint density at radius 2 is 2.21 bits per heavy atom. The van der Waals surface area contributed by atoms with Crippen LogP contribution in [0.4, 0.5) is 0 Å². The summed E-state index contributed by atoms with van der Waals surface area (Å²) in [6.07, 6.45) is 5.01. The third-order valence-electron chi connectivity index (χ3n) is 2.79. The molecule has 2 aromatic rings. The monoisotopic (exact) mass is 325 g/mol. The van der Waals surface area contributed by atoms with E-state index in [1.54, 1.807) is 34.9 Å². The average molecular weight is 326 g/mol. The minimum atomic E-state index is -0.129. The molecule has 2 heterocycles. The van der Waals surface area contributed by atoms with Crippen molar-refractivity contribution in [1.29, 1.82) is 0 Å². The normalized spacial score (nSPS) is 11.2. The molecule has 0 fully saturated rings. The summed E-state index contributed by atoms with van der Waals surface area (Å²) in [4.78, 5) is 18.6. The van der Waals surface area contributed by atoms with Gasteiger partial charge in [0.15, 0.2) is 5.82 Å². The molecular formula is C12H16BrN5O. The summed E-state index contributed by atoms with van der Waals surface area (Å²) in [7, 11) is 5.77. The van der Waals surface area contributed by atoms with Crippen molar-refractivity contribution >= 4 is 21.7 Å². The second-order valence-corrected chi connectivity index (χ2v) is 5.41. The van der Waals surface area contributed by atoms with Crippen molar-refractivity contribution in [2.24, 2.45) is 7.05 Å².